The molecule has 1 rings (SSSR count). The van der Waals surface area contributed by atoms with E-state index >= 15 is 0 Å². The molecular weight excluding hydrogens is 336 g/mol. The van der Waals surface area contributed by atoms with E-state index in [1.165, 1.54) is 0 Å². The fourth-order valence-corrected chi connectivity index (χ4v) is 3.04. The normalized spacial score (nSPS) is 23.0. The molecule has 1 fully saturated rings. The monoisotopic (exact) mass is 370 g/mol. The van der Waals surface area contributed by atoms with E-state index in [0.29, 0.717) is 32.2 Å². The summed E-state index contributed by atoms with van der Waals surface area (Å²) in [6, 6.07) is 0.0955. The van der Waals surface area contributed by atoms with Crippen molar-refractivity contribution < 1.29 is 24.2 Å². The highest BCUT2D eigenvalue weighted by atomic mass is 16.6. The van der Waals surface area contributed by atoms with Crippen LogP contribution >= 0.6 is 0 Å². The molecule has 3 atom stereocenters. The van der Waals surface area contributed by atoms with E-state index < -0.39 is 11.7 Å². The number of rotatable bonds is 8. The van der Waals surface area contributed by atoms with Crippen molar-refractivity contribution in [2.45, 2.75) is 84.5 Å². The Balaban J connectivity index is 2.29. The Bertz CT molecular complexity index is 499. The minimum Gasteiger partial charge on any atom is -0.460 e. The van der Waals surface area contributed by atoms with Crippen LogP contribution in [0, 0.1) is 11.8 Å². The summed E-state index contributed by atoms with van der Waals surface area (Å²) in [5, 5.41) is 15.7. The van der Waals surface area contributed by atoms with Crippen LogP contribution in [-0.2, 0) is 19.1 Å². The van der Waals surface area contributed by atoms with Crippen LogP contribution in [0.25, 0.3) is 0 Å². The summed E-state index contributed by atoms with van der Waals surface area (Å²) in [6.45, 7) is 9.56. The minimum absolute atomic E-state index is 0.0563. The number of ether oxygens (including phenoxy) is 1. The lowest BCUT2D eigenvalue weighted by atomic mass is 10.0. The molecule has 3 N–H and O–H groups in total. The van der Waals surface area contributed by atoms with Crippen LogP contribution in [0.2, 0.25) is 0 Å². The third-order valence-electron chi connectivity index (χ3n) is 4.22. The van der Waals surface area contributed by atoms with Crippen molar-refractivity contribution in [3.05, 3.63) is 0 Å². The first-order chi connectivity index (χ1) is 12.0. The Morgan fingerprint density at radius 2 is 1.73 bits per heavy atom. The standard InChI is InChI=1S/C19H34N2O5/c1-12(2)21-17(24)8-6-7-16(23)20-11-14-9-13(10-15(14)22)18(25)26-19(3,4)5/h12-15,22H,6-11H2,1-5H3,(H,20,23)(H,21,24)/t13-,14-,15+/m0/s1. The maximum Gasteiger partial charge on any atom is 0.309 e. The molecule has 0 bridgehead atoms. The second kappa shape index (κ2) is 9.90. The van der Waals surface area contributed by atoms with E-state index in [4.69, 9.17) is 4.74 Å². The first kappa shape index (κ1) is 22.4. The molecule has 0 aromatic rings. The van der Waals surface area contributed by atoms with E-state index in [9.17, 15) is 19.5 Å². The van der Waals surface area contributed by atoms with Crippen LogP contribution < -0.4 is 10.6 Å². The van der Waals surface area contributed by atoms with Crippen molar-refractivity contribution in [1.82, 2.24) is 10.6 Å². The van der Waals surface area contributed by atoms with Gasteiger partial charge < -0.3 is 20.5 Å². The summed E-state index contributed by atoms with van der Waals surface area (Å²) >= 11 is 0. The molecular formula is C19H34N2O5. The van der Waals surface area contributed by atoms with E-state index in [1.54, 1.807) is 0 Å². The van der Waals surface area contributed by atoms with Crippen LogP contribution in [0.3, 0.4) is 0 Å². The molecule has 0 unspecified atom stereocenters. The van der Waals surface area contributed by atoms with Crippen LogP contribution in [-0.4, -0.2) is 47.2 Å². The molecule has 0 aromatic carbocycles. The number of esters is 1. The maximum atomic E-state index is 12.1. The van der Waals surface area contributed by atoms with Crippen LogP contribution in [0.1, 0.15) is 66.7 Å². The van der Waals surface area contributed by atoms with Crippen molar-refractivity contribution in [3.63, 3.8) is 0 Å². The first-order valence-corrected chi connectivity index (χ1v) is 9.45. The highest BCUT2D eigenvalue weighted by Gasteiger charge is 2.38. The predicted molar refractivity (Wildman–Crippen MR) is 98.2 cm³/mol. The third kappa shape index (κ3) is 8.65. The number of carbonyl (C=O) groups excluding carboxylic acids is 3. The van der Waals surface area contributed by atoms with E-state index in [0.717, 1.165) is 0 Å². The number of aliphatic hydroxyl groups excluding tert-OH is 1. The van der Waals surface area contributed by atoms with Gasteiger partial charge in [0.05, 0.1) is 12.0 Å². The summed E-state index contributed by atoms with van der Waals surface area (Å²) < 4.78 is 5.37. The largest absolute Gasteiger partial charge is 0.460 e. The molecule has 2 amide bonds. The van der Waals surface area contributed by atoms with Crippen molar-refractivity contribution in [2.24, 2.45) is 11.8 Å². The van der Waals surface area contributed by atoms with E-state index in [-0.39, 0.29) is 42.1 Å². The zero-order valence-electron chi connectivity index (χ0n) is 16.6. The molecule has 7 heteroatoms. The topological polar surface area (TPSA) is 105 Å². The van der Waals surface area contributed by atoms with Gasteiger partial charge in [0, 0.05) is 31.3 Å². The molecule has 0 heterocycles. The predicted octanol–water partition coefficient (Wildman–Crippen LogP) is 1.53. The molecule has 0 saturated heterocycles. The Hall–Kier alpha value is -1.63. The fourth-order valence-electron chi connectivity index (χ4n) is 3.04. The van der Waals surface area contributed by atoms with Gasteiger partial charge in [-0.2, -0.15) is 0 Å². The Labute approximate surface area is 156 Å². The van der Waals surface area contributed by atoms with Gasteiger partial charge in [-0.25, -0.2) is 0 Å². The van der Waals surface area contributed by atoms with E-state index in [1.807, 2.05) is 34.6 Å². The summed E-state index contributed by atoms with van der Waals surface area (Å²) in [4.78, 5) is 35.5. The number of carbonyl (C=O) groups is 3. The fraction of sp³-hybridized carbons (Fsp3) is 0.842. The highest BCUT2D eigenvalue weighted by Crippen LogP contribution is 2.32. The number of aliphatic hydroxyl groups is 1. The number of hydrogen-bond acceptors (Lipinski definition) is 5. The quantitative estimate of drug-likeness (QED) is 0.562. The Morgan fingerprint density at radius 1 is 1.12 bits per heavy atom. The average molecular weight is 370 g/mol. The van der Waals surface area contributed by atoms with Gasteiger partial charge in [0.1, 0.15) is 5.60 Å². The molecule has 1 aliphatic carbocycles. The first-order valence-electron chi connectivity index (χ1n) is 9.45. The van der Waals surface area contributed by atoms with Gasteiger partial charge in [-0.3, -0.25) is 14.4 Å². The average Bonchev–Trinajstić information content (AvgIpc) is 2.84. The molecule has 0 spiro atoms. The molecule has 0 radical (unpaired) electrons. The van der Waals surface area contributed by atoms with Crippen molar-refractivity contribution in [2.75, 3.05) is 6.54 Å². The van der Waals surface area contributed by atoms with Gasteiger partial charge in [0.15, 0.2) is 0 Å². The van der Waals surface area contributed by atoms with Gasteiger partial charge in [0.2, 0.25) is 11.8 Å². The summed E-state index contributed by atoms with van der Waals surface area (Å²) in [5.41, 5.74) is -0.545. The SMILES string of the molecule is CC(C)NC(=O)CCCC(=O)NC[C@@H]1C[C@H](C(=O)OC(C)(C)C)C[C@H]1O. The van der Waals surface area contributed by atoms with Crippen LogP contribution in [0.15, 0.2) is 0 Å². The maximum absolute atomic E-state index is 12.1. The summed E-state index contributed by atoms with van der Waals surface area (Å²) in [7, 11) is 0. The molecule has 0 aliphatic heterocycles. The number of hydrogen-bond donors (Lipinski definition) is 3. The summed E-state index contributed by atoms with van der Waals surface area (Å²) in [6.07, 6.45) is 1.32. The molecule has 1 saturated carbocycles. The van der Waals surface area contributed by atoms with Gasteiger partial charge in [-0.05, 0) is 53.9 Å². The van der Waals surface area contributed by atoms with Gasteiger partial charge in [0.25, 0.3) is 0 Å². The van der Waals surface area contributed by atoms with Gasteiger partial charge in [-0.15, -0.1) is 0 Å². The molecule has 26 heavy (non-hydrogen) atoms. The number of nitrogens with one attached hydrogen (secondary N) is 2. The van der Waals surface area contributed by atoms with Gasteiger partial charge >= 0.3 is 5.97 Å². The van der Waals surface area contributed by atoms with Gasteiger partial charge in [-0.1, -0.05) is 0 Å². The summed E-state index contributed by atoms with van der Waals surface area (Å²) in [5.74, 6) is -0.970. The highest BCUT2D eigenvalue weighted by molar-refractivity contribution is 5.79. The second-order valence-electron chi connectivity index (χ2n) is 8.41. The Morgan fingerprint density at radius 3 is 2.31 bits per heavy atom. The minimum atomic E-state index is -0.621. The number of amides is 2. The van der Waals surface area contributed by atoms with Crippen molar-refractivity contribution in [1.29, 1.82) is 0 Å². The zero-order valence-corrected chi connectivity index (χ0v) is 16.6. The van der Waals surface area contributed by atoms with Crippen molar-refractivity contribution >= 4 is 17.8 Å². The van der Waals surface area contributed by atoms with Crippen molar-refractivity contribution in [3.8, 4) is 0 Å². The smallest absolute Gasteiger partial charge is 0.309 e. The molecule has 1 aliphatic rings. The lowest BCUT2D eigenvalue weighted by molar-refractivity contribution is -0.160. The molecule has 0 aromatic heterocycles. The van der Waals surface area contributed by atoms with Crippen LogP contribution in [0.4, 0.5) is 0 Å². The molecule has 150 valence electrons. The second-order valence-corrected chi connectivity index (χ2v) is 8.41. The zero-order chi connectivity index (χ0) is 19.9. The lowest BCUT2D eigenvalue weighted by Crippen LogP contribution is -2.33. The molecule has 7 nitrogen and oxygen atoms in total. The van der Waals surface area contributed by atoms with Crippen LogP contribution in [0.5, 0.6) is 0 Å². The lowest BCUT2D eigenvalue weighted by Gasteiger charge is -2.22. The third-order valence-corrected chi connectivity index (χ3v) is 4.22. The Kier molecular flexibility index (Phi) is 8.53. The van der Waals surface area contributed by atoms with E-state index in [2.05, 4.69) is 10.6 Å².